The number of anilines is 1. The van der Waals surface area contributed by atoms with Gasteiger partial charge < -0.3 is 10.6 Å². The molecule has 1 rings (SSSR count). The molecule has 1 heterocycles. The monoisotopic (exact) mass is 302 g/mol. The smallest absolute Gasteiger partial charge is 0.384 e. The molecule has 0 aliphatic rings. The van der Waals surface area contributed by atoms with E-state index in [0.29, 0.717) is 5.92 Å². The number of nitrogens with one attached hydrogen (secondary N) is 1. The van der Waals surface area contributed by atoms with Gasteiger partial charge in [-0.15, -0.1) is 0 Å². The van der Waals surface area contributed by atoms with Crippen molar-refractivity contribution < 1.29 is 13.2 Å². The molecular weight excluding hydrogens is 281 g/mol. The van der Waals surface area contributed by atoms with Crippen molar-refractivity contribution in [1.82, 2.24) is 4.98 Å². The molecule has 118 valence electrons. The van der Waals surface area contributed by atoms with Gasteiger partial charge in [0.2, 0.25) is 0 Å². The first kappa shape index (κ1) is 17.3. The molecule has 0 bridgehead atoms. The SMILES string of the molecule is CC(C)CC(C)N(C)c1nc(C(F)(F)F)ccc1C(=N)N. The zero-order valence-electron chi connectivity index (χ0n) is 12.6. The summed E-state index contributed by atoms with van der Waals surface area (Å²) in [5, 5.41) is 7.51. The first-order valence-electron chi connectivity index (χ1n) is 6.69. The van der Waals surface area contributed by atoms with Crippen LogP contribution in [0.3, 0.4) is 0 Å². The van der Waals surface area contributed by atoms with E-state index >= 15 is 0 Å². The lowest BCUT2D eigenvalue weighted by molar-refractivity contribution is -0.141. The van der Waals surface area contributed by atoms with Crippen molar-refractivity contribution in [2.75, 3.05) is 11.9 Å². The molecule has 0 saturated heterocycles. The summed E-state index contributed by atoms with van der Waals surface area (Å²) in [6.45, 7) is 5.98. The Morgan fingerprint density at radius 3 is 2.33 bits per heavy atom. The topological polar surface area (TPSA) is 66.0 Å². The first-order chi connectivity index (χ1) is 9.54. The van der Waals surface area contributed by atoms with Gasteiger partial charge in [-0.2, -0.15) is 13.2 Å². The summed E-state index contributed by atoms with van der Waals surface area (Å²) >= 11 is 0. The molecule has 4 nitrogen and oxygen atoms in total. The van der Waals surface area contributed by atoms with Crippen LogP contribution in [0.4, 0.5) is 19.0 Å². The summed E-state index contributed by atoms with van der Waals surface area (Å²) in [6.07, 6.45) is -3.72. The minimum absolute atomic E-state index is 0.0147. The Kier molecular flexibility index (Phi) is 5.20. The molecule has 0 aliphatic carbocycles. The fraction of sp³-hybridized carbons (Fsp3) is 0.571. The van der Waals surface area contributed by atoms with Crippen LogP contribution in [0, 0.1) is 11.3 Å². The molecule has 0 fully saturated rings. The summed E-state index contributed by atoms with van der Waals surface area (Å²) in [7, 11) is 1.67. The van der Waals surface area contributed by atoms with Gasteiger partial charge >= 0.3 is 6.18 Å². The van der Waals surface area contributed by atoms with Crippen molar-refractivity contribution >= 4 is 11.7 Å². The van der Waals surface area contributed by atoms with Gasteiger partial charge in [0.25, 0.3) is 0 Å². The number of nitrogens with two attached hydrogens (primary N) is 1. The van der Waals surface area contributed by atoms with Crippen LogP contribution in [0.2, 0.25) is 0 Å². The van der Waals surface area contributed by atoms with Gasteiger partial charge in [0.05, 0.1) is 5.56 Å². The Morgan fingerprint density at radius 2 is 1.90 bits per heavy atom. The molecule has 0 aromatic carbocycles. The quantitative estimate of drug-likeness (QED) is 0.648. The number of nitrogen functional groups attached to an aromatic ring is 1. The van der Waals surface area contributed by atoms with E-state index in [1.807, 2.05) is 20.8 Å². The summed E-state index contributed by atoms with van der Waals surface area (Å²) in [4.78, 5) is 5.32. The number of hydrogen-bond donors (Lipinski definition) is 2. The number of hydrogen-bond acceptors (Lipinski definition) is 3. The van der Waals surface area contributed by atoms with Gasteiger partial charge in [0.1, 0.15) is 17.3 Å². The second kappa shape index (κ2) is 6.32. The molecular formula is C14H21F3N4. The van der Waals surface area contributed by atoms with Crippen LogP contribution >= 0.6 is 0 Å². The highest BCUT2D eigenvalue weighted by molar-refractivity contribution is 5.99. The van der Waals surface area contributed by atoms with E-state index in [9.17, 15) is 13.2 Å². The Balaban J connectivity index is 3.26. The van der Waals surface area contributed by atoms with E-state index in [4.69, 9.17) is 11.1 Å². The Bertz CT molecular complexity index is 511. The average molecular weight is 302 g/mol. The van der Waals surface area contributed by atoms with E-state index in [1.54, 1.807) is 11.9 Å². The van der Waals surface area contributed by atoms with Crippen LogP contribution < -0.4 is 10.6 Å². The van der Waals surface area contributed by atoms with Gasteiger partial charge in [0, 0.05) is 13.1 Å². The van der Waals surface area contributed by atoms with Crippen molar-refractivity contribution in [3.05, 3.63) is 23.4 Å². The second-order valence-corrected chi connectivity index (χ2v) is 5.57. The largest absolute Gasteiger partial charge is 0.433 e. The van der Waals surface area contributed by atoms with Crippen molar-refractivity contribution in [1.29, 1.82) is 5.41 Å². The van der Waals surface area contributed by atoms with Crippen LogP contribution in [0.5, 0.6) is 0 Å². The summed E-state index contributed by atoms with van der Waals surface area (Å²) < 4.78 is 38.4. The van der Waals surface area contributed by atoms with Crippen LogP contribution in [0.25, 0.3) is 0 Å². The van der Waals surface area contributed by atoms with E-state index in [2.05, 4.69) is 4.98 Å². The van der Waals surface area contributed by atoms with Gasteiger partial charge in [0.15, 0.2) is 0 Å². The third kappa shape index (κ3) is 4.34. The van der Waals surface area contributed by atoms with Crippen LogP contribution in [-0.4, -0.2) is 23.9 Å². The van der Waals surface area contributed by atoms with E-state index in [-0.39, 0.29) is 23.3 Å². The van der Waals surface area contributed by atoms with Gasteiger partial charge in [-0.05, 0) is 31.4 Å². The Hall–Kier alpha value is -1.79. The van der Waals surface area contributed by atoms with Gasteiger partial charge in [-0.25, -0.2) is 4.98 Å². The summed E-state index contributed by atoms with van der Waals surface area (Å²) in [6, 6.07) is 2.03. The zero-order valence-corrected chi connectivity index (χ0v) is 12.6. The van der Waals surface area contributed by atoms with E-state index < -0.39 is 11.9 Å². The zero-order chi connectivity index (χ0) is 16.4. The van der Waals surface area contributed by atoms with Crippen molar-refractivity contribution in [2.24, 2.45) is 11.7 Å². The number of alkyl halides is 3. The van der Waals surface area contributed by atoms with Gasteiger partial charge in [-0.3, -0.25) is 5.41 Å². The van der Waals surface area contributed by atoms with E-state index in [0.717, 1.165) is 12.5 Å². The maximum Gasteiger partial charge on any atom is 0.433 e. The van der Waals surface area contributed by atoms with Crippen molar-refractivity contribution in [3.63, 3.8) is 0 Å². The molecule has 0 aliphatic heterocycles. The lowest BCUT2D eigenvalue weighted by Gasteiger charge is -2.29. The average Bonchev–Trinajstić information content (AvgIpc) is 2.35. The van der Waals surface area contributed by atoms with Crippen molar-refractivity contribution in [2.45, 2.75) is 39.4 Å². The molecule has 3 N–H and O–H groups in total. The highest BCUT2D eigenvalue weighted by Crippen LogP contribution is 2.31. The normalized spacial score (nSPS) is 13.3. The minimum Gasteiger partial charge on any atom is -0.384 e. The number of pyridine rings is 1. The second-order valence-electron chi connectivity index (χ2n) is 5.57. The fourth-order valence-electron chi connectivity index (χ4n) is 2.13. The summed E-state index contributed by atoms with van der Waals surface area (Å²) in [5.74, 6) is 0.189. The van der Waals surface area contributed by atoms with Gasteiger partial charge in [-0.1, -0.05) is 13.8 Å². The standard InChI is InChI=1S/C14H21F3N4/c1-8(2)7-9(3)21(4)13-10(12(18)19)5-6-11(20-13)14(15,16)17/h5-6,8-9H,7H2,1-4H3,(H3,18,19). The highest BCUT2D eigenvalue weighted by Gasteiger charge is 2.34. The van der Waals surface area contributed by atoms with E-state index in [1.165, 1.54) is 6.07 Å². The molecule has 0 radical (unpaired) electrons. The molecule has 0 amide bonds. The number of nitrogens with zero attached hydrogens (tertiary/aromatic N) is 2. The molecule has 7 heteroatoms. The number of rotatable bonds is 5. The summed E-state index contributed by atoms with van der Waals surface area (Å²) in [5.41, 5.74) is 4.68. The molecule has 21 heavy (non-hydrogen) atoms. The highest BCUT2D eigenvalue weighted by atomic mass is 19.4. The maximum atomic E-state index is 12.8. The Labute approximate surface area is 122 Å². The van der Waals surface area contributed by atoms with Crippen LogP contribution in [0.1, 0.15) is 38.4 Å². The molecule has 1 aromatic rings. The predicted octanol–water partition coefficient (Wildman–Crippen LogP) is 3.26. The van der Waals surface area contributed by atoms with Crippen LogP contribution in [0.15, 0.2) is 12.1 Å². The number of aromatic nitrogens is 1. The molecule has 1 aromatic heterocycles. The van der Waals surface area contributed by atoms with Crippen LogP contribution in [-0.2, 0) is 6.18 Å². The lowest BCUT2D eigenvalue weighted by atomic mass is 10.0. The first-order valence-corrected chi connectivity index (χ1v) is 6.69. The molecule has 0 spiro atoms. The van der Waals surface area contributed by atoms with Crippen molar-refractivity contribution in [3.8, 4) is 0 Å². The Morgan fingerprint density at radius 1 is 1.33 bits per heavy atom. The third-order valence-corrected chi connectivity index (χ3v) is 3.26. The fourth-order valence-corrected chi connectivity index (χ4v) is 2.13. The number of halogens is 3. The third-order valence-electron chi connectivity index (χ3n) is 3.26. The predicted molar refractivity (Wildman–Crippen MR) is 77.6 cm³/mol. The maximum absolute atomic E-state index is 12.8. The minimum atomic E-state index is -4.52. The molecule has 0 saturated carbocycles. The lowest BCUT2D eigenvalue weighted by Crippen LogP contribution is -2.33. The molecule has 1 unspecified atom stereocenters. The molecule has 1 atom stereocenters. The number of amidine groups is 1.